The van der Waals surface area contributed by atoms with Gasteiger partial charge in [-0.1, -0.05) is 44.2 Å². The quantitative estimate of drug-likeness (QED) is 0.717. The fraction of sp³-hybridized carbons (Fsp3) is 0.471. The molecule has 0 radical (unpaired) electrons. The van der Waals surface area contributed by atoms with Crippen LogP contribution < -0.4 is 5.73 Å². The molecule has 1 aromatic carbocycles. The third-order valence-electron chi connectivity index (χ3n) is 3.60. The van der Waals surface area contributed by atoms with Crippen LogP contribution in [0, 0.1) is 5.92 Å². The van der Waals surface area contributed by atoms with Crippen LogP contribution in [0.5, 0.6) is 0 Å². The van der Waals surface area contributed by atoms with Gasteiger partial charge in [0.1, 0.15) is 0 Å². The van der Waals surface area contributed by atoms with Crippen LogP contribution in [0.15, 0.2) is 47.9 Å². The van der Waals surface area contributed by atoms with E-state index < -0.39 is 10.0 Å². The highest BCUT2D eigenvalue weighted by Gasteiger charge is 2.26. The van der Waals surface area contributed by atoms with Crippen molar-refractivity contribution in [3.8, 4) is 0 Å². The molecule has 2 aromatic rings. The SMILES string of the molecule is CC(C)Cn1cnc(S(=O)(=O)N(CCCN)Cc2ccccc2)c1.Cl. The molecule has 0 spiro atoms. The molecule has 0 saturated carbocycles. The number of rotatable bonds is 9. The molecule has 0 fully saturated rings. The number of nitrogens with zero attached hydrogens (tertiary/aromatic N) is 3. The minimum absolute atomic E-state index is 0. The molecular weight excluding hydrogens is 360 g/mol. The molecule has 1 heterocycles. The molecule has 6 nitrogen and oxygen atoms in total. The van der Waals surface area contributed by atoms with Crippen molar-refractivity contribution in [1.29, 1.82) is 0 Å². The van der Waals surface area contributed by atoms with E-state index >= 15 is 0 Å². The fourth-order valence-electron chi connectivity index (χ4n) is 2.47. The van der Waals surface area contributed by atoms with Crippen molar-refractivity contribution >= 4 is 22.4 Å². The summed E-state index contributed by atoms with van der Waals surface area (Å²) in [7, 11) is -3.64. The summed E-state index contributed by atoms with van der Waals surface area (Å²) in [6.45, 7) is 6.05. The molecule has 0 atom stereocenters. The third-order valence-corrected chi connectivity index (χ3v) is 5.33. The van der Waals surface area contributed by atoms with E-state index in [0.29, 0.717) is 32.0 Å². The first-order chi connectivity index (χ1) is 11.4. The van der Waals surface area contributed by atoms with E-state index in [2.05, 4.69) is 18.8 Å². The van der Waals surface area contributed by atoms with E-state index in [0.717, 1.165) is 12.1 Å². The van der Waals surface area contributed by atoms with Gasteiger partial charge in [-0.2, -0.15) is 4.31 Å². The monoisotopic (exact) mass is 386 g/mol. The predicted octanol–water partition coefficient (Wildman–Crippen LogP) is 2.50. The predicted molar refractivity (Wildman–Crippen MR) is 102 cm³/mol. The van der Waals surface area contributed by atoms with Crippen LogP contribution >= 0.6 is 12.4 Å². The molecule has 0 unspecified atom stereocenters. The third kappa shape index (κ3) is 6.11. The minimum atomic E-state index is -3.64. The smallest absolute Gasteiger partial charge is 0.262 e. The standard InChI is InChI=1S/C17H26N4O2S.ClH/c1-15(2)11-20-13-17(19-14-20)24(22,23)21(10-6-9-18)12-16-7-4-3-5-8-16;/h3-5,7-8,13-15H,6,9-12,18H2,1-2H3;1H. The fourth-order valence-corrected chi connectivity index (χ4v) is 3.87. The van der Waals surface area contributed by atoms with Gasteiger partial charge in [-0.25, -0.2) is 13.4 Å². The lowest BCUT2D eigenvalue weighted by molar-refractivity contribution is 0.400. The van der Waals surface area contributed by atoms with Gasteiger partial charge in [-0.05, 0) is 24.4 Å². The summed E-state index contributed by atoms with van der Waals surface area (Å²) in [5, 5.41) is 0.0936. The molecule has 8 heteroatoms. The largest absolute Gasteiger partial charge is 0.336 e. The van der Waals surface area contributed by atoms with Crippen molar-refractivity contribution in [3.05, 3.63) is 48.4 Å². The van der Waals surface area contributed by atoms with Crippen LogP contribution in [0.3, 0.4) is 0 Å². The number of hydrogen-bond donors (Lipinski definition) is 1. The molecule has 0 amide bonds. The zero-order valence-electron chi connectivity index (χ0n) is 14.7. The van der Waals surface area contributed by atoms with Gasteiger partial charge in [-0.3, -0.25) is 0 Å². The van der Waals surface area contributed by atoms with Crippen LogP contribution in [-0.4, -0.2) is 35.4 Å². The second kappa shape index (κ2) is 9.91. The van der Waals surface area contributed by atoms with Gasteiger partial charge in [0.15, 0.2) is 5.03 Å². The molecule has 0 saturated heterocycles. The zero-order chi connectivity index (χ0) is 17.6. The zero-order valence-corrected chi connectivity index (χ0v) is 16.3. The van der Waals surface area contributed by atoms with Crippen molar-refractivity contribution in [2.45, 2.75) is 38.4 Å². The molecule has 0 aliphatic carbocycles. The number of aromatic nitrogens is 2. The average Bonchev–Trinajstić information content (AvgIpc) is 3.00. The summed E-state index contributed by atoms with van der Waals surface area (Å²) in [6.07, 6.45) is 3.80. The summed E-state index contributed by atoms with van der Waals surface area (Å²) in [5.74, 6) is 0.424. The van der Waals surface area contributed by atoms with Crippen LogP contribution in [0.2, 0.25) is 0 Å². The van der Waals surface area contributed by atoms with Crippen molar-refractivity contribution in [1.82, 2.24) is 13.9 Å². The molecular formula is C17H27ClN4O2S. The number of sulfonamides is 1. The average molecular weight is 387 g/mol. The minimum Gasteiger partial charge on any atom is -0.336 e. The number of halogens is 1. The number of hydrogen-bond acceptors (Lipinski definition) is 4. The second-order valence-corrected chi connectivity index (χ2v) is 8.15. The van der Waals surface area contributed by atoms with Crippen LogP contribution in [0.4, 0.5) is 0 Å². The van der Waals surface area contributed by atoms with Crippen molar-refractivity contribution < 1.29 is 8.42 Å². The maximum atomic E-state index is 13.0. The Hall–Kier alpha value is -1.41. The van der Waals surface area contributed by atoms with Crippen LogP contribution in [0.1, 0.15) is 25.8 Å². The highest BCUT2D eigenvalue weighted by atomic mass is 35.5. The Kier molecular flexibility index (Phi) is 8.58. The van der Waals surface area contributed by atoms with E-state index in [1.54, 1.807) is 12.5 Å². The molecule has 2 N–H and O–H groups in total. The Morgan fingerprint density at radius 2 is 1.92 bits per heavy atom. The van der Waals surface area contributed by atoms with E-state index in [1.165, 1.54) is 4.31 Å². The van der Waals surface area contributed by atoms with Crippen LogP contribution in [0.25, 0.3) is 0 Å². The van der Waals surface area contributed by atoms with Gasteiger partial charge in [0.2, 0.25) is 0 Å². The highest BCUT2D eigenvalue weighted by Crippen LogP contribution is 2.17. The topological polar surface area (TPSA) is 81.2 Å². The van der Waals surface area contributed by atoms with E-state index in [-0.39, 0.29) is 17.4 Å². The molecule has 25 heavy (non-hydrogen) atoms. The highest BCUT2D eigenvalue weighted by molar-refractivity contribution is 7.89. The van der Waals surface area contributed by atoms with Gasteiger partial charge < -0.3 is 10.3 Å². The molecule has 140 valence electrons. The molecule has 0 bridgehead atoms. The molecule has 0 aliphatic rings. The van der Waals surface area contributed by atoms with Crippen molar-refractivity contribution in [3.63, 3.8) is 0 Å². The summed E-state index contributed by atoms with van der Waals surface area (Å²) in [5.41, 5.74) is 6.51. The summed E-state index contributed by atoms with van der Waals surface area (Å²) in [4.78, 5) is 4.11. The summed E-state index contributed by atoms with van der Waals surface area (Å²) < 4.78 is 29.2. The lowest BCUT2D eigenvalue weighted by Gasteiger charge is -2.21. The van der Waals surface area contributed by atoms with Gasteiger partial charge in [0, 0.05) is 25.8 Å². The van der Waals surface area contributed by atoms with Crippen molar-refractivity contribution in [2.75, 3.05) is 13.1 Å². The van der Waals surface area contributed by atoms with Gasteiger partial charge in [0.05, 0.1) is 6.33 Å². The summed E-state index contributed by atoms with van der Waals surface area (Å²) >= 11 is 0. The number of nitrogens with two attached hydrogens (primary N) is 1. The van der Waals surface area contributed by atoms with Gasteiger partial charge >= 0.3 is 0 Å². The first-order valence-electron chi connectivity index (χ1n) is 8.19. The normalized spacial score (nSPS) is 11.7. The van der Waals surface area contributed by atoms with Crippen LogP contribution in [-0.2, 0) is 23.1 Å². The molecule has 0 aliphatic heterocycles. The molecule has 2 rings (SSSR count). The number of benzene rings is 1. The van der Waals surface area contributed by atoms with E-state index in [9.17, 15) is 8.42 Å². The lowest BCUT2D eigenvalue weighted by atomic mass is 10.2. The first kappa shape index (κ1) is 21.6. The Balaban J connectivity index is 0.00000312. The maximum Gasteiger partial charge on any atom is 0.262 e. The Morgan fingerprint density at radius 3 is 2.52 bits per heavy atom. The first-order valence-corrected chi connectivity index (χ1v) is 9.63. The Bertz CT molecular complexity index is 732. The van der Waals surface area contributed by atoms with Gasteiger partial charge in [-0.15, -0.1) is 12.4 Å². The number of imidazole rings is 1. The van der Waals surface area contributed by atoms with E-state index in [4.69, 9.17) is 5.73 Å². The lowest BCUT2D eigenvalue weighted by Crippen LogP contribution is -2.32. The van der Waals surface area contributed by atoms with Gasteiger partial charge in [0.25, 0.3) is 10.0 Å². The Labute approximate surface area is 156 Å². The van der Waals surface area contributed by atoms with E-state index in [1.807, 2.05) is 34.9 Å². The van der Waals surface area contributed by atoms with Crippen molar-refractivity contribution in [2.24, 2.45) is 11.7 Å². The molecule has 1 aromatic heterocycles. The maximum absolute atomic E-state index is 13.0. The Morgan fingerprint density at radius 1 is 1.24 bits per heavy atom. The summed E-state index contributed by atoms with van der Waals surface area (Å²) in [6, 6.07) is 9.56. The second-order valence-electron chi connectivity index (χ2n) is 6.27.